The molecule has 23 heavy (non-hydrogen) atoms. The fourth-order valence-electron chi connectivity index (χ4n) is 2.28. The molecule has 1 unspecified atom stereocenters. The van der Waals surface area contributed by atoms with Gasteiger partial charge < -0.3 is 10.6 Å². The van der Waals surface area contributed by atoms with Gasteiger partial charge in [-0.05, 0) is 44.5 Å². The van der Waals surface area contributed by atoms with Crippen molar-refractivity contribution in [3.05, 3.63) is 35.4 Å². The Morgan fingerprint density at radius 3 is 2.17 bits per heavy atom. The SMILES string of the molecule is CCNC(=NCc1ccc(CN(CC)CC)cc1)NC(C)CC. The second-order valence-corrected chi connectivity index (χ2v) is 5.93. The lowest BCUT2D eigenvalue weighted by Gasteiger charge is -2.18. The standard InChI is InChI=1S/C19H34N4/c1-6-16(5)22-19(20-7-2)21-14-17-10-12-18(13-11-17)15-23(8-3)9-4/h10-13,16H,6-9,14-15H2,1-5H3,(H2,20,21,22). The highest BCUT2D eigenvalue weighted by atomic mass is 15.2. The van der Waals surface area contributed by atoms with E-state index in [0.717, 1.165) is 38.6 Å². The van der Waals surface area contributed by atoms with Gasteiger partial charge in [-0.15, -0.1) is 0 Å². The largest absolute Gasteiger partial charge is 0.357 e. The van der Waals surface area contributed by atoms with Gasteiger partial charge in [0, 0.05) is 19.1 Å². The van der Waals surface area contributed by atoms with Gasteiger partial charge in [0.25, 0.3) is 0 Å². The number of nitrogens with one attached hydrogen (secondary N) is 2. The summed E-state index contributed by atoms with van der Waals surface area (Å²) in [5.41, 5.74) is 2.61. The maximum Gasteiger partial charge on any atom is 0.191 e. The maximum absolute atomic E-state index is 4.68. The van der Waals surface area contributed by atoms with E-state index in [-0.39, 0.29) is 0 Å². The average Bonchev–Trinajstić information content (AvgIpc) is 2.58. The van der Waals surface area contributed by atoms with E-state index in [1.165, 1.54) is 11.1 Å². The van der Waals surface area contributed by atoms with E-state index >= 15 is 0 Å². The molecule has 1 rings (SSSR count). The molecule has 0 aliphatic carbocycles. The minimum atomic E-state index is 0.434. The summed E-state index contributed by atoms with van der Waals surface area (Å²) in [6.45, 7) is 15.7. The molecule has 0 saturated heterocycles. The molecule has 0 fully saturated rings. The first kappa shape index (κ1) is 19.5. The highest BCUT2D eigenvalue weighted by Crippen LogP contribution is 2.08. The predicted molar refractivity (Wildman–Crippen MR) is 101 cm³/mol. The van der Waals surface area contributed by atoms with Crippen LogP contribution in [0, 0.1) is 0 Å². The van der Waals surface area contributed by atoms with Crippen LogP contribution in [0.1, 0.15) is 52.2 Å². The number of rotatable bonds is 9. The third-order valence-electron chi connectivity index (χ3n) is 4.08. The summed E-state index contributed by atoms with van der Waals surface area (Å²) in [4.78, 5) is 7.10. The van der Waals surface area contributed by atoms with E-state index in [2.05, 4.69) is 79.4 Å². The monoisotopic (exact) mass is 318 g/mol. The first-order chi connectivity index (χ1) is 11.1. The van der Waals surface area contributed by atoms with Gasteiger partial charge >= 0.3 is 0 Å². The lowest BCUT2D eigenvalue weighted by atomic mass is 10.1. The van der Waals surface area contributed by atoms with Crippen LogP contribution in [0.3, 0.4) is 0 Å². The Morgan fingerprint density at radius 2 is 1.65 bits per heavy atom. The van der Waals surface area contributed by atoms with Gasteiger partial charge in [0.15, 0.2) is 5.96 Å². The lowest BCUT2D eigenvalue weighted by Crippen LogP contribution is -2.41. The van der Waals surface area contributed by atoms with Crippen molar-refractivity contribution in [3.63, 3.8) is 0 Å². The van der Waals surface area contributed by atoms with Gasteiger partial charge in [0.1, 0.15) is 0 Å². The van der Waals surface area contributed by atoms with Gasteiger partial charge in [-0.2, -0.15) is 0 Å². The molecule has 0 heterocycles. The van der Waals surface area contributed by atoms with Crippen LogP contribution in [0.15, 0.2) is 29.3 Å². The number of guanidine groups is 1. The molecule has 4 nitrogen and oxygen atoms in total. The van der Waals surface area contributed by atoms with Crippen molar-refractivity contribution < 1.29 is 0 Å². The summed E-state index contributed by atoms with van der Waals surface area (Å²) in [5.74, 6) is 0.897. The van der Waals surface area contributed by atoms with Crippen molar-refractivity contribution in [2.24, 2.45) is 4.99 Å². The van der Waals surface area contributed by atoms with Gasteiger partial charge in [0.2, 0.25) is 0 Å². The topological polar surface area (TPSA) is 39.7 Å². The molecule has 2 N–H and O–H groups in total. The normalized spacial score (nSPS) is 13.2. The zero-order valence-corrected chi connectivity index (χ0v) is 15.5. The highest BCUT2D eigenvalue weighted by molar-refractivity contribution is 5.80. The Kier molecular flexibility index (Phi) is 9.37. The van der Waals surface area contributed by atoms with Crippen molar-refractivity contribution in [1.29, 1.82) is 0 Å². The second-order valence-electron chi connectivity index (χ2n) is 5.93. The van der Waals surface area contributed by atoms with Crippen molar-refractivity contribution in [2.45, 2.75) is 60.2 Å². The molecule has 4 heteroatoms. The Bertz CT molecular complexity index is 449. The summed E-state index contributed by atoms with van der Waals surface area (Å²) in [5, 5.41) is 6.73. The molecule has 130 valence electrons. The van der Waals surface area contributed by atoms with Crippen LogP contribution in [-0.4, -0.2) is 36.5 Å². The second kappa shape index (κ2) is 11.1. The molecule has 0 aliphatic rings. The van der Waals surface area contributed by atoms with Crippen LogP contribution in [0.25, 0.3) is 0 Å². The Balaban J connectivity index is 2.63. The van der Waals surface area contributed by atoms with Gasteiger partial charge in [-0.25, -0.2) is 4.99 Å². The smallest absolute Gasteiger partial charge is 0.191 e. The fourth-order valence-corrected chi connectivity index (χ4v) is 2.28. The molecule has 1 aromatic rings. The minimum absolute atomic E-state index is 0.434. The molecule has 1 aromatic carbocycles. The Labute approximate surface area is 142 Å². The lowest BCUT2D eigenvalue weighted by molar-refractivity contribution is 0.296. The number of aliphatic imine (C=N–C) groups is 1. The molecule has 0 bridgehead atoms. The van der Waals surface area contributed by atoms with Crippen molar-refractivity contribution in [2.75, 3.05) is 19.6 Å². The molecule has 1 atom stereocenters. The van der Waals surface area contributed by atoms with Crippen LogP contribution in [-0.2, 0) is 13.1 Å². The van der Waals surface area contributed by atoms with Crippen molar-refractivity contribution >= 4 is 5.96 Å². The van der Waals surface area contributed by atoms with E-state index in [4.69, 9.17) is 0 Å². The number of hydrogen-bond donors (Lipinski definition) is 2. The van der Waals surface area contributed by atoms with Crippen LogP contribution in [0.2, 0.25) is 0 Å². The Morgan fingerprint density at radius 1 is 1.04 bits per heavy atom. The number of nitrogens with zero attached hydrogens (tertiary/aromatic N) is 2. The van der Waals surface area contributed by atoms with Crippen LogP contribution in [0.4, 0.5) is 0 Å². The summed E-state index contributed by atoms with van der Waals surface area (Å²) in [6, 6.07) is 9.25. The molecular formula is C19H34N4. The first-order valence-corrected chi connectivity index (χ1v) is 8.97. The van der Waals surface area contributed by atoms with Crippen LogP contribution < -0.4 is 10.6 Å². The molecule has 0 aliphatic heterocycles. The average molecular weight is 319 g/mol. The summed E-state index contributed by atoms with van der Waals surface area (Å²) in [7, 11) is 0. The minimum Gasteiger partial charge on any atom is -0.357 e. The third-order valence-corrected chi connectivity index (χ3v) is 4.08. The zero-order valence-electron chi connectivity index (χ0n) is 15.5. The van der Waals surface area contributed by atoms with E-state index in [0.29, 0.717) is 12.6 Å². The zero-order chi connectivity index (χ0) is 17.1. The van der Waals surface area contributed by atoms with E-state index in [1.807, 2.05) is 0 Å². The predicted octanol–water partition coefficient (Wildman–Crippen LogP) is 3.38. The molecule has 0 amide bonds. The molecule has 0 spiro atoms. The van der Waals surface area contributed by atoms with Crippen LogP contribution >= 0.6 is 0 Å². The Hall–Kier alpha value is -1.55. The van der Waals surface area contributed by atoms with E-state index < -0.39 is 0 Å². The summed E-state index contributed by atoms with van der Waals surface area (Å²) >= 11 is 0. The molecule has 0 radical (unpaired) electrons. The van der Waals surface area contributed by atoms with Gasteiger partial charge in [-0.3, -0.25) is 4.90 Å². The highest BCUT2D eigenvalue weighted by Gasteiger charge is 2.03. The van der Waals surface area contributed by atoms with E-state index in [9.17, 15) is 0 Å². The number of hydrogen-bond acceptors (Lipinski definition) is 2. The van der Waals surface area contributed by atoms with Crippen LogP contribution in [0.5, 0.6) is 0 Å². The van der Waals surface area contributed by atoms with Gasteiger partial charge in [-0.1, -0.05) is 45.0 Å². The number of benzene rings is 1. The molecule has 0 saturated carbocycles. The third kappa shape index (κ3) is 7.51. The quantitative estimate of drug-likeness (QED) is 0.541. The van der Waals surface area contributed by atoms with E-state index in [1.54, 1.807) is 0 Å². The summed E-state index contributed by atoms with van der Waals surface area (Å²) in [6.07, 6.45) is 1.09. The first-order valence-electron chi connectivity index (χ1n) is 8.97. The fraction of sp³-hybridized carbons (Fsp3) is 0.632. The molecular weight excluding hydrogens is 284 g/mol. The van der Waals surface area contributed by atoms with Crippen molar-refractivity contribution in [3.8, 4) is 0 Å². The summed E-state index contributed by atoms with van der Waals surface area (Å²) < 4.78 is 0. The van der Waals surface area contributed by atoms with Crippen molar-refractivity contribution in [1.82, 2.24) is 15.5 Å². The maximum atomic E-state index is 4.68. The van der Waals surface area contributed by atoms with Gasteiger partial charge in [0.05, 0.1) is 6.54 Å². The molecule has 0 aromatic heterocycles.